The van der Waals surface area contributed by atoms with Crippen LogP contribution in [0.5, 0.6) is 5.75 Å². The molecule has 0 aliphatic heterocycles. The highest BCUT2D eigenvalue weighted by atomic mass is 35.5. The summed E-state index contributed by atoms with van der Waals surface area (Å²) < 4.78 is 0. The summed E-state index contributed by atoms with van der Waals surface area (Å²) in [4.78, 5) is 0. The minimum Gasteiger partial charge on any atom is -0.508 e. The van der Waals surface area contributed by atoms with Crippen molar-refractivity contribution < 1.29 is 5.11 Å². The van der Waals surface area contributed by atoms with Crippen molar-refractivity contribution in [2.45, 2.75) is 64.8 Å². The van der Waals surface area contributed by atoms with E-state index in [4.69, 9.17) is 11.6 Å². The summed E-state index contributed by atoms with van der Waals surface area (Å²) in [6.07, 6.45) is 10.7. The fraction of sp³-hybridized carbons (Fsp3) is 0.647. The fourth-order valence-corrected chi connectivity index (χ4v) is 2.56. The van der Waals surface area contributed by atoms with E-state index in [1.807, 2.05) is 6.07 Å². The van der Waals surface area contributed by atoms with Gasteiger partial charge in [0.15, 0.2) is 0 Å². The molecule has 2 N–H and O–H groups in total. The molecule has 0 aliphatic rings. The smallest absolute Gasteiger partial charge is 0.121 e. The number of halogens is 1. The largest absolute Gasteiger partial charge is 0.508 e. The van der Waals surface area contributed by atoms with E-state index in [2.05, 4.69) is 12.2 Å². The lowest BCUT2D eigenvalue weighted by atomic mass is 10.1. The van der Waals surface area contributed by atoms with Crippen LogP contribution < -0.4 is 5.32 Å². The molecule has 0 radical (unpaired) electrons. The standard InChI is InChI=1S/C17H28ClNO/c1-2-3-4-5-6-7-8-9-13-19-14-15-16(18)11-10-12-17(15)20/h10-12,19-20H,2-9,13-14H2,1H3. The molecule has 0 bridgehead atoms. The Morgan fingerprint density at radius 2 is 1.65 bits per heavy atom. The molecule has 114 valence electrons. The number of benzene rings is 1. The average molecular weight is 298 g/mol. The number of phenolic OH excluding ortho intramolecular Hbond substituents is 1. The van der Waals surface area contributed by atoms with Crippen LogP contribution in [-0.2, 0) is 6.54 Å². The molecule has 0 saturated heterocycles. The van der Waals surface area contributed by atoms with Gasteiger partial charge >= 0.3 is 0 Å². The molecule has 1 rings (SSSR count). The van der Waals surface area contributed by atoms with Crippen molar-refractivity contribution in [3.05, 3.63) is 28.8 Å². The van der Waals surface area contributed by atoms with Crippen molar-refractivity contribution in [1.29, 1.82) is 0 Å². The van der Waals surface area contributed by atoms with Crippen LogP contribution in [0.1, 0.15) is 63.9 Å². The lowest BCUT2D eigenvalue weighted by Crippen LogP contribution is -2.15. The molecule has 0 heterocycles. The van der Waals surface area contributed by atoms with Gasteiger partial charge in [0.05, 0.1) is 0 Å². The maximum absolute atomic E-state index is 9.71. The molecule has 0 unspecified atom stereocenters. The summed E-state index contributed by atoms with van der Waals surface area (Å²) in [5.41, 5.74) is 0.800. The van der Waals surface area contributed by atoms with E-state index >= 15 is 0 Å². The molecule has 1 aromatic carbocycles. The van der Waals surface area contributed by atoms with Gasteiger partial charge in [0.25, 0.3) is 0 Å². The van der Waals surface area contributed by atoms with E-state index in [1.54, 1.807) is 12.1 Å². The third-order valence-corrected chi connectivity index (χ3v) is 3.96. The van der Waals surface area contributed by atoms with Crippen molar-refractivity contribution in [3.63, 3.8) is 0 Å². The minimum absolute atomic E-state index is 0.279. The molecule has 0 aromatic heterocycles. The maximum atomic E-state index is 9.71. The average Bonchev–Trinajstić information content (AvgIpc) is 2.43. The second-order valence-corrected chi connectivity index (χ2v) is 5.80. The summed E-state index contributed by atoms with van der Waals surface area (Å²) in [6.45, 7) is 3.88. The topological polar surface area (TPSA) is 32.3 Å². The number of hydrogen-bond donors (Lipinski definition) is 2. The van der Waals surface area contributed by atoms with Gasteiger partial charge in [0.2, 0.25) is 0 Å². The highest BCUT2D eigenvalue weighted by Crippen LogP contribution is 2.24. The zero-order chi connectivity index (χ0) is 14.6. The normalized spacial score (nSPS) is 10.9. The van der Waals surface area contributed by atoms with Crippen LogP contribution in [-0.4, -0.2) is 11.7 Å². The van der Waals surface area contributed by atoms with Gasteiger partial charge in [0, 0.05) is 17.1 Å². The summed E-state index contributed by atoms with van der Waals surface area (Å²) in [5, 5.41) is 13.7. The molecule has 0 aliphatic carbocycles. The molecular weight excluding hydrogens is 270 g/mol. The van der Waals surface area contributed by atoms with Crippen LogP contribution >= 0.6 is 11.6 Å². The predicted octanol–water partition coefficient (Wildman–Crippen LogP) is 5.28. The van der Waals surface area contributed by atoms with Gasteiger partial charge in [-0.25, -0.2) is 0 Å². The van der Waals surface area contributed by atoms with E-state index in [-0.39, 0.29) is 5.75 Å². The number of aromatic hydroxyl groups is 1. The van der Waals surface area contributed by atoms with Crippen LogP contribution in [0.3, 0.4) is 0 Å². The van der Waals surface area contributed by atoms with Crippen molar-refractivity contribution >= 4 is 11.6 Å². The zero-order valence-corrected chi connectivity index (χ0v) is 13.4. The highest BCUT2D eigenvalue weighted by Gasteiger charge is 2.04. The fourth-order valence-electron chi connectivity index (χ4n) is 2.32. The SMILES string of the molecule is CCCCCCCCCCNCc1c(O)cccc1Cl. The van der Waals surface area contributed by atoms with E-state index in [0.29, 0.717) is 11.6 Å². The Bertz CT molecular complexity index is 348. The second kappa shape index (κ2) is 11.0. The first-order valence-electron chi connectivity index (χ1n) is 7.92. The van der Waals surface area contributed by atoms with Crippen LogP contribution in [0.15, 0.2) is 18.2 Å². The number of phenols is 1. The Balaban J connectivity index is 2.00. The number of nitrogens with one attached hydrogen (secondary N) is 1. The third kappa shape index (κ3) is 7.16. The van der Waals surface area contributed by atoms with E-state index in [1.165, 1.54) is 51.4 Å². The lowest BCUT2D eigenvalue weighted by molar-refractivity contribution is 0.463. The van der Waals surface area contributed by atoms with Crippen LogP contribution in [0.2, 0.25) is 5.02 Å². The van der Waals surface area contributed by atoms with Crippen molar-refractivity contribution in [2.75, 3.05) is 6.54 Å². The Morgan fingerprint density at radius 3 is 2.30 bits per heavy atom. The van der Waals surface area contributed by atoms with Crippen molar-refractivity contribution in [3.8, 4) is 5.75 Å². The minimum atomic E-state index is 0.279. The predicted molar refractivity (Wildman–Crippen MR) is 87.4 cm³/mol. The van der Waals surface area contributed by atoms with Gasteiger partial charge < -0.3 is 10.4 Å². The van der Waals surface area contributed by atoms with Crippen LogP contribution in [0.25, 0.3) is 0 Å². The summed E-state index contributed by atoms with van der Waals surface area (Å²) in [7, 11) is 0. The van der Waals surface area contributed by atoms with Crippen LogP contribution in [0.4, 0.5) is 0 Å². The van der Waals surface area contributed by atoms with E-state index < -0.39 is 0 Å². The van der Waals surface area contributed by atoms with Gasteiger partial charge in [-0.2, -0.15) is 0 Å². The first kappa shape index (κ1) is 17.3. The Morgan fingerprint density at radius 1 is 1.00 bits per heavy atom. The first-order valence-corrected chi connectivity index (χ1v) is 8.30. The van der Waals surface area contributed by atoms with Gasteiger partial charge in [0.1, 0.15) is 5.75 Å². The summed E-state index contributed by atoms with van der Waals surface area (Å²) >= 11 is 6.05. The van der Waals surface area contributed by atoms with Gasteiger partial charge in [-0.3, -0.25) is 0 Å². The summed E-state index contributed by atoms with van der Waals surface area (Å²) in [6, 6.07) is 5.26. The molecular formula is C17H28ClNO. The van der Waals surface area contributed by atoms with Gasteiger partial charge in [-0.05, 0) is 25.1 Å². The molecule has 0 saturated carbocycles. The monoisotopic (exact) mass is 297 g/mol. The molecule has 0 amide bonds. The maximum Gasteiger partial charge on any atom is 0.121 e. The lowest BCUT2D eigenvalue weighted by Gasteiger charge is -2.08. The third-order valence-electron chi connectivity index (χ3n) is 3.60. The number of unbranched alkanes of at least 4 members (excludes halogenated alkanes) is 7. The van der Waals surface area contributed by atoms with Crippen molar-refractivity contribution in [2.24, 2.45) is 0 Å². The highest BCUT2D eigenvalue weighted by molar-refractivity contribution is 6.31. The zero-order valence-electron chi connectivity index (χ0n) is 12.6. The first-order chi connectivity index (χ1) is 9.75. The quantitative estimate of drug-likeness (QED) is 0.545. The van der Waals surface area contributed by atoms with E-state index in [0.717, 1.165) is 12.1 Å². The molecule has 0 fully saturated rings. The van der Waals surface area contributed by atoms with Crippen LogP contribution in [0, 0.1) is 0 Å². The Hall–Kier alpha value is -0.730. The number of hydrogen-bond acceptors (Lipinski definition) is 2. The van der Waals surface area contributed by atoms with Gasteiger partial charge in [-0.15, -0.1) is 0 Å². The van der Waals surface area contributed by atoms with Gasteiger partial charge in [-0.1, -0.05) is 69.5 Å². The molecule has 0 spiro atoms. The molecule has 0 atom stereocenters. The van der Waals surface area contributed by atoms with Crippen molar-refractivity contribution in [1.82, 2.24) is 5.32 Å². The second-order valence-electron chi connectivity index (χ2n) is 5.39. The molecule has 1 aromatic rings. The number of rotatable bonds is 11. The summed E-state index contributed by atoms with van der Waals surface area (Å²) in [5.74, 6) is 0.279. The molecule has 20 heavy (non-hydrogen) atoms. The molecule has 3 heteroatoms. The Labute approximate surface area is 128 Å². The molecule has 2 nitrogen and oxygen atoms in total. The van der Waals surface area contributed by atoms with E-state index in [9.17, 15) is 5.11 Å². The Kier molecular flexibility index (Phi) is 9.52.